The maximum Gasteiger partial charge on any atom is 0.113 e. The molecule has 0 aromatic heterocycles. The van der Waals surface area contributed by atoms with Crippen LogP contribution < -0.4 is 5.46 Å². The van der Waals surface area contributed by atoms with Gasteiger partial charge in [0.05, 0.1) is 5.41 Å². The molecule has 0 N–H and O–H groups in total. The number of hydrogen-bond donors (Lipinski definition) is 0. The number of hydrogen-bond acceptors (Lipinski definition) is 1. The van der Waals surface area contributed by atoms with E-state index < -0.39 is 0 Å². The molecule has 2 heteroatoms. The minimum Gasteiger partial charge on any atom is -0.0963 e. The van der Waals surface area contributed by atoms with Crippen LogP contribution in [0.15, 0.2) is 113 Å². The van der Waals surface area contributed by atoms with Crippen molar-refractivity contribution in [2.75, 3.05) is 0 Å². The molecule has 31 heavy (non-hydrogen) atoms. The van der Waals surface area contributed by atoms with Crippen molar-refractivity contribution in [1.82, 2.24) is 0 Å². The molecule has 2 aliphatic rings. The highest BCUT2D eigenvalue weighted by Crippen LogP contribution is 2.62. The van der Waals surface area contributed by atoms with Gasteiger partial charge in [0.2, 0.25) is 0 Å². The van der Waals surface area contributed by atoms with Crippen LogP contribution in [0.25, 0.3) is 21.9 Å². The molecular weight excluding hydrogens is 391 g/mol. The van der Waals surface area contributed by atoms with E-state index in [4.69, 9.17) is 7.85 Å². The summed E-state index contributed by atoms with van der Waals surface area (Å²) in [4.78, 5) is 2.63. The van der Waals surface area contributed by atoms with Gasteiger partial charge in [0.25, 0.3) is 0 Å². The topological polar surface area (TPSA) is 0 Å². The summed E-state index contributed by atoms with van der Waals surface area (Å²) in [6.07, 6.45) is 0. The molecule has 7 rings (SSSR count). The summed E-state index contributed by atoms with van der Waals surface area (Å²) in [5.74, 6) is 0. The first-order valence-electron chi connectivity index (χ1n) is 10.6. The van der Waals surface area contributed by atoms with Crippen LogP contribution in [0, 0.1) is 0 Å². The van der Waals surface area contributed by atoms with Crippen molar-refractivity contribution in [3.8, 4) is 11.1 Å². The van der Waals surface area contributed by atoms with Gasteiger partial charge < -0.3 is 0 Å². The second-order valence-corrected chi connectivity index (χ2v) is 9.44. The van der Waals surface area contributed by atoms with Crippen molar-refractivity contribution < 1.29 is 0 Å². The first-order chi connectivity index (χ1) is 15.3. The summed E-state index contributed by atoms with van der Waals surface area (Å²) in [6.45, 7) is 0. The Balaban J connectivity index is 1.75. The molecule has 5 aromatic carbocycles. The Morgan fingerprint density at radius 1 is 0.581 bits per heavy atom. The number of rotatable bonds is 0. The summed E-state index contributed by atoms with van der Waals surface area (Å²) in [5.41, 5.74) is 8.42. The van der Waals surface area contributed by atoms with Crippen molar-refractivity contribution in [3.63, 3.8) is 0 Å². The van der Waals surface area contributed by atoms with Gasteiger partial charge in [-0.15, -0.1) is 0 Å². The lowest BCUT2D eigenvalue weighted by Gasteiger charge is -2.39. The summed E-state index contributed by atoms with van der Waals surface area (Å²) in [6, 6.07) is 37.5. The van der Waals surface area contributed by atoms with E-state index in [0.717, 1.165) is 5.46 Å². The maximum atomic E-state index is 6.40. The van der Waals surface area contributed by atoms with Crippen molar-refractivity contribution in [3.05, 3.63) is 125 Å². The highest BCUT2D eigenvalue weighted by molar-refractivity contribution is 7.99. The van der Waals surface area contributed by atoms with E-state index in [9.17, 15) is 0 Å². The van der Waals surface area contributed by atoms with Gasteiger partial charge in [-0.1, -0.05) is 108 Å². The predicted octanol–water partition coefficient (Wildman–Crippen LogP) is 6.46. The van der Waals surface area contributed by atoms with Gasteiger partial charge in [0, 0.05) is 9.79 Å². The molecule has 0 atom stereocenters. The molecule has 2 radical (unpaired) electrons. The molecule has 0 saturated heterocycles. The maximum absolute atomic E-state index is 6.40. The average molecular weight is 408 g/mol. The minimum absolute atomic E-state index is 0.359. The lowest BCUT2D eigenvalue weighted by atomic mass is 9.66. The monoisotopic (exact) mass is 408 g/mol. The third-order valence-electron chi connectivity index (χ3n) is 6.85. The van der Waals surface area contributed by atoms with Gasteiger partial charge in [-0.25, -0.2) is 0 Å². The van der Waals surface area contributed by atoms with Gasteiger partial charge in [-0.3, -0.25) is 0 Å². The van der Waals surface area contributed by atoms with Crippen molar-refractivity contribution >= 4 is 35.8 Å². The molecule has 1 aliphatic carbocycles. The fourth-order valence-corrected chi connectivity index (χ4v) is 6.88. The normalized spacial score (nSPS) is 14.7. The van der Waals surface area contributed by atoms with Gasteiger partial charge in [0.1, 0.15) is 7.85 Å². The highest BCUT2D eigenvalue weighted by Gasteiger charge is 2.50. The lowest BCUT2D eigenvalue weighted by molar-refractivity contribution is 0.723. The van der Waals surface area contributed by atoms with Crippen molar-refractivity contribution in [2.45, 2.75) is 15.2 Å². The lowest BCUT2D eigenvalue weighted by Crippen LogP contribution is -2.32. The van der Waals surface area contributed by atoms with Crippen LogP contribution >= 0.6 is 11.8 Å². The largest absolute Gasteiger partial charge is 0.113 e. The molecule has 0 nitrogen and oxygen atoms in total. The van der Waals surface area contributed by atoms with Crippen molar-refractivity contribution in [2.24, 2.45) is 0 Å². The molecule has 142 valence electrons. The molecule has 0 saturated carbocycles. The van der Waals surface area contributed by atoms with Crippen LogP contribution in [0.1, 0.15) is 22.3 Å². The minimum atomic E-state index is -0.359. The summed E-state index contributed by atoms with van der Waals surface area (Å²) < 4.78 is 0. The Morgan fingerprint density at radius 2 is 1.26 bits per heavy atom. The molecule has 1 heterocycles. The second-order valence-electron chi connectivity index (χ2n) is 8.36. The van der Waals surface area contributed by atoms with E-state index >= 15 is 0 Å². The fraction of sp³-hybridized carbons (Fsp3) is 0.0345. The average Bonchev–Trinajstić information content (AvgIpc) is 3.10. The van der Waals surface area contributed by atoms with E-state index in [1.165, 1.54) is 53.9 Å². The summed E-state index contributed by atoms with van der Waals surface area (Å²) in [5, 5.41) is 2.57. The van der Waals surface area contributed by atoms with E-state index in [1.54, 1.807) is 0 Å². The third kappa shape index (κ3) is 2.13. The number of fused-ring (bicyclic) bond motifs is 11. The zero-order valence-corrected chi connectivity index (χ0v) is 17.6. The zero-order chi connectivity index (χ0) is 20.6. The van der Waals surface area contributed by atoms with Crippen LogP contribution in [-0.4, -0.2) is 7.85 Å². The van der Waals surface area contributed by atoms with E-state index in [1.807, 2.05) is 17.8 Å². The van der Waals surface area contributed by atoms with Crippen LogP contribution in [0.5, 0.6) is 0 Å². The third-order valence-corrected chi connectivity index (χ3v) is 8.00. The van der Waals surface area contributed by atoms with E-state index in [0.29, 0.717) is 0 Å². The molecule has 1 spiro atoms. The Kier molecular flexibility index (Phi) is 3.46. The SMILES string of the molecule is [B]c1ccc2c(c1)C1(c3ccccc3Sc3ccccc31)c1ccc3ccccc3c1-2. The van der Waals surface area contributed by atoms with Gasteiger partial charge in [-0.2, -0.15) is 0 Å². The van der Waals surface area contributed by atoms with Gasteiger partial charge in [-0.05, 0) is 56.3 Å². The van der Waals surface area contributed by atoms with Crippen LogP contribution in [0.4, 0.5) is 0 Å². The standard InChI is InChI=1S/C29H17BS/c30-19-14-15-21-25(17-19)29(24-16-13-18-7-1-2-8-20(18)28(21)24)22-9-3-5-11-26(22)31-27-12-6-4-10-23(27)29/h1-17H. The Labute approximate surface area is 187 Å². The van der Waals surface area contributed by atoms with Crippen LogP contribution in [-0.2, 0) is 5.41 Å². The molecule has 0 bridgehead atoms. The second kappa shape index (κ2) is 6.15. The van der Waals surface area contributed by atoms with Gasteiger partial charge >= 0.3 is 0 Å². The zero-order valence-electron chi connectivity index (χ0n) is 16.8. The van der Waals surface area contributed by atoms with Crippen LogP contribution in [0.2, 0.25) is 0 Å². The van der Waals surface area contributed by atoms with Gasteiger partial charge in [0.15, 0.2) is 0 Å². The van der Waals surface area contributed by atoms with Crippen molar-refractivity contribution in [1.29, 1.82) is 0 Å². The molecular formula is C29H17BS. The Bertz CT molecular complexity index is 1490. The quantitative estimate of drug-likeness (QED) is 0.260. The predicted molar refractivity (Wildman–Crippen MR) is 131 cm³/mol. The Hall–Kier alpha value is -3.23. The smallest absolute Gasteiger partial charge is 0.0963 e. The molecule has 0 fully saturated rings. The first-order valence-corrected chi connectivity index (χ1v) is 11.4. The first kappa shape index (κ1) is 17.5. The number of benzene rings is 5. The molecule has 0 unspecified atom stereocenters. The summed E-state index contributed by atoms with van der Waals surface area (Å²) >= 11 is 1.87. The van der Waals surface area contributed by atoms with E-state index in [-0.39, 0.29) is 5.41 Å². The molecule has 0 amide bonds. The highest BCUT2D eigenvalue weighted by atomic mass is 32.2. The van der Waals surface area contributed by atoms with E-state index in [2.05, 4.69) is 97.1 Å². The molecule has 5 aromatic rings. The summed E-state index contributed by atoms with van der Waals surface area (Å²) in [7, 11) is 6.40. The molecule has 1 aliphatic heterocycles. The fourth-order valence-electron chi connectivity index (χ4n) is 5.68. The van der Waals surface area contributed by atoms with Crippen LogP contribution in [0.3, 0.4) is 0 Å². The Morgan fingerprint density at radius 3 is 2.03 bits per heavy atom.